The minimum absolute atomic E-state index is 0.0611. The summed E-state index contributed by atoms with van der Waals surface area (Å²) in [5, 5.41) is 3.10. The van der Waals surface area contributed by atoms with E-state index in [0.29, 0.717) is 12.5 Å². The Labute approximate surface area is 190 Å². The van der Waals surface area contributed by atoms with Gasteiger partial charge in [0.05, 0.1) is 6.10 Å². The molecule has 2 aromatic rings. The van der Waals surface area contributed by atoms with Gasteiger partial charge in [0, 0.05) is 43.2 Å². The number of thioether (sulfide) groups is 1. The molecule has 166 valence electrons. The molecule has 1 saturated heterocycles. The normalized spacial score (nSPS) is 17.6. The van der Waals surface area contributed by atoms with Crippen LogP contribution in [0.25, 0.3) is 0 Å². The van der Waals surface area contributed by atoms with Crippen LogP contribution in [0.1, 0.15) is 48.8 Å². The molecule has 4 nitrogen and oxygen atoms in total. The number of carbonyl (C=O) groups excluding carboxylic acids is 1. The fourth-order valence-electron chi connectivity index (χ4n) is 4.43. The Morgan fingerprint density at radius 3 is 2.68 bits per heavy atom. The quantitative estimate of drug-likeness (QED) is 0.596. The van der Waals surface area contributed by atoms with Crippen LogP contribution in [0, 0.1) is 6.92 Å². The van der Waals surface area contributed by atoms with Crippen molar-refractivity contribution in [3.05, 3.63) is 59.2 Å². The van der Waals surface area contributed by atoms with Crippen LogP contribution >= 0.6 is 11.8 Å². The lowest BCUT2D eigenvalue weighted by Gasteiger charge is -2.26. The first-order chi connectivity index (χ1) is 15.2. The van der Waals surface area contributed by atoms with E-state index in [1.165, 1.54) is 29.9 Å². The molecule has 1 N–H and O–H groups in total. The van der Waals surface area contributed by atoms with Crippen LogP contribution in [0.3, 0.4) is 0 Å². The summed E-state index contributed by atoms with van der Waals surface area (Å²) >= 11 is 2.04. The van der Waals surface area contributed by atoms with E-state index in [0.717, 1.165) is 61.5 Å². The van der Waals surface area contributed by atoms with Crippen molar-refractivity contribution >= 4 is 23.4 Å². The zero-order chi connectivity index (χ0) is 21.5. The molecule has 0 radical (unpaired) electrons. The topological polar surface area (TPSA) is 41.6 Å². The highest BCUT2D eigenvalue weighted by Crippen LogP contribution is 2.25. The van der Waals surface area contributed by atoms with E-state index >= 15 is 0 Å². The molecule has 5 heteroatoms. The van der Waals surface area contributed by atoms with Gasteiger partial charge in [0.25, 0.3) is 0 Å². The summed E-state index contributed by atoms with van der Waals surface area (Å²) in [6.07, 6.45) is 6.39. The molecule has 1 heterocycles. The van der Waals surface area contributed by atoms with Gasteiger partial charge >= 0.3 is 0 Å². The predicted octanol–water partition coefficient (Wildman–Crippen LogP) is 5.44. The Morgan fingerprint density at radius 1 is 1.10 bits per heavy atom. The van der Waals surface area contributed by atoms with Gasteiger partial charge < -0.3 is 10.1 Å². The summed E-state index contributed by atoms with van der Waals surface area (Å²) in [5.41, 5.74) is 4.52. The highest BCUT2D eigenvalue weighted by Gasteiger charge is 2.16. The van der Waals surface area contributed by atoms with E-state index in [1.807, 2.05) is 23.9 Å². The van der Waals surface area contributed by atoms with Crippen LogP contribution in [0.5, 0.6) is 5.75 Å². The number of nitrogens with zero attached hydrogens (tertiary/aromatic N) is 1. The molecule has 1 amide bonds. The number of carbonyl (C=O) groups is 1. The Balaban J connectivity index is 1.26. The standard InChI is InChI=1S/C26H34N2O2S/c1-20-17-22(19-28-13-15-31-16-14-28)9-11-25(20)27-26(29)12-10-21-5-4-8-24(18-21)30-23-6-2-3-7-23/h4-5,8-9,11,17-18,23H,2-3,6-7,10,12-16,19H2,1H3,(H,27,29). The lowest BCUT2D eigenvalue weighted by Crippen LogP contribution is -2.31. The van der Waals surface area contributed by atoms with E-state index in [4.69, 9.17) is 4.74 Å². The highest BCUT2D eigenvalue weighted by atomic mass is 32.2. The maximum atomic E-state index is 12.6. The van der Waals surface area contributed by atoms with Crippen molar-refractivity contribution in [3.63, 3.8) is 0 Å². The first-order valence-electron chi connectivity index (χ1n) is 11.6. The Kier molecular flexibility index (Phi) is 7.92. The second kappa shape index (κ2) is 11.1. The molecule has 2 fully saturated rings. The van der Waals surface area contributed by atoms with Gasteiger partial charge in [-0.05, 0) is 73.9 Å². The van der Waals surface area contributed by atoms with Crippen molar-refractivity contribution < 1.29 is 9.53 Å². The number of amides is 1. The lowest BCUT2D eigenvalue weighted by molar-refractivity contribution is -0.116. The molecule has 0 unspecified atom stereocenters. The summed E-state index contributed by atoms with van der Waals surface area (Å²) < 4.78 is 6.09. The summed E-state index contributed by atoms with van der Waals surface area (Å²) in [6.45, 7) is 5.40. The SMILES string of the molecule is Cc1cc(CN2CCSCC2)ccc1NC(=O)CCc1cccc(OC2CCCC2)c1. The largest absolute Gasteiger partial charge is 0.490 e. The maximum Gasteiger partial charge on any atom is 0.224 e. The van der Waals surface area contributed by atoms with E-state index in [1.54, 1.807) is 0 Å². The first-order valence-corrected chi connectivity index (χ1v) is 12.8. The van der Waals surface area contributed by atoms with Gasteiger partial charge in [0.1, 0.15) is 5.75 Å². The minimum atomic E-state index is 0.0611. The van der Waals surface area contributed by atoms with Crippen LogP contribution in [0.4, 0.5) is 5.69 Å². The van der Waals surface area contributed by atoms with Crippen LogP contribution in [0.15, 0.2) is 42.5 Å². The monoisotopic (exact) mass is 438 g/mol. The molecule has 1 aliphatic heterocycles. The van der Waals surface area contributed by atoms with Gasteiger partial charge in [-0.1, -0.05) is 24.3 Å². The number of rotatable bonds is 8. The van der Waals surface area contributed by atoms with Crippen molar-refractivity contribution in [1.82, 2.24) is 4.90 Å². The van der Waals surface area contributed by atoms with Crippen LogP contribution < -0.4 is 10.1 Å². The molecule has 0 aromatic heterocycles. The molecule has 31 heavy (non-hydrogen) atoms. The summed E-state index contributed by atoms with van der Waals surface area (Å²) in [4.78, 5) is 15.1. The highest BCUT2D eigenvalue weighted by molar-refractivity contribution is 7.99. The fourth-order valence-corrected chi connectivity index (χ4v) is 5.40. The number of benzene rings is 2. The Bertz CT molecular complexity index is 873. The number of hydrogen-bond donors (Lipinski definition) is 1. The van der Waals surface area contributed by atoms with E-state index < -0.39 is 0 Å². The summed E-state index contributed by atoms with van der Waals surface area (Å²) in [7, 11) is 0. The van der Waals surface area contributed by atoms with Crippen LogP contribution in [-0.4, -0.2) is 41.5 Å². The zero-order valence-corrected chi connectivity index (χ0v) is 19.4. The second-order valence-electron chi connectivity index (χ2n) is 8.76. The van der Waals surface area contributed by atoms with Crippen molar-refractivity contribution in [2.24, 2.45) is 0 Å². The van der Waals surface area contributed by atoms with Crippen molar-refractivity contribution in [2.45, 2.75) is 58.1 Å². The molecule has 0 atom stereocenters. The average molecular weight is 439 g/mol. The van der Waals surface area contributed by atoms with Crippen molar-refractivity contribution in [2.75, 3.05) is 29.9 Å². The third-order valence-electron chi connectivity index (χ3n) is 6.22. The number of aryl methyl sites for hydroxylation is 2. The summed E-state index contributed by atoms with van der Waals surface area (Å²) in [6, 6.07) is 14.6. The predicted molar refractivity (Wildman–Crippen MR) is 130 cm³/mol. The van der Waals surface area contributed by atoms with Gasteiger partial charge in [-0.25, -0.2) is 0 Å². The van der Waals surface area contributed by atoms with E-state index in [2.05, 4.69) is 47.5 Å². The van der Waals surface area contributed by atoms with Gasteiger partial charge in [0.2, 0.25) is 5.91 Å². The molecule has 4 rings (SSSR count). The second-order valence-corrected chi connectivity index (χ2v) is 9.98. The Hall–Kier alpha value is -1.98. The molecule has 1 saturated carbocycles. The Morgan fingerprint density at radius 2 is 1.90 bits per heavy atom. The zero-order valence-electron chi connectivity index (χ0n) is 18.6. The average Bonchev–Trinajstić information content (AvgIpc) is 3.28. The molecule has 0 bridgehead atoms. The smallest absolute Gasteiger partial charge is 0.224 e. The lowest BCUT2D eigenvalue weighted by atomic mass is 10.1. The fraction of sp³-hybridized carbons (Fsp3) is 0.500. The van der Waals surface area contributed by atoms with Crippen LogP contribution in [-0.2, 0) is 17.8 Å². The molecule has 2 aromatic carbocycles. The maximum absolute atomic E-state index is 12.6. The molecule has 0 spiro atoms. The van der Waals surface area contributed by atoms with E-state index in [9.17, 15) is 4.79 Å². The summed E-state index contributed by atoms with van der Waals surface area (Å²) in [5.74, 6) is 3.44. The first kappa shape index (κ1) is 22.2. The third kappa shape index (κ3) is 6.75. The van der Waals surface area contributed by atoms with Crippen molar-refractivity contribution in [3.8, 4) is 5.75 Å². The molecule has 1 aliphatic carbocycles. The molecular formula is C26H34N2O2S. The number of nitrogens with one attached hydrogen (secondary N) is 1. The minimum Gasteiger partial charge on any atom is -0.490 e. The van der Waals surface area contributed by atoms with E-state index in [-0.39, 0.29) is 5.91 Å². The number of anilines is 1. The van der Waals surface area contributed by atoms with Crippen molar-refractivity contribution in [1.29, 1.82) is 0 Å². The van der Waals surface area contributed by atoms with Gasteiger partial charge in [-0.15, -0.1) is 0 Å². The third-order valence-corrected chi connectivity index (χ3v) is 7.16. The molecular weight excluding hydrogens is 404 g/mol. The van der Waals surface area contributed by atoms with Crippen LogP contribution in [0.2, 0.25) is 0 Å². The van der Waals surface area contributed by atoms with Gasteiger partial charge in [-0.3, -0.25) is 9.69 Å². The number of hydrogen-bond acceptors (Lipinski definition) is 4. The number of ether oxygens (including phenoxy) is 1. The van der Waals surface area contributed by atoms with Gasteiger partial charge in [-0.2, -0.15) is 11.8 Å². The molecule has 2 aliphatic rings. The van der Waals surface area contributed by atoms with Gasteiger partial charge in [0.15, 0.2) is 0 Å².